The Morgan fingerprint density at radius 3 is 2.33 bits per heavy atom. The predicted molar refractivity (Wildman–Crippen MR) is 234 cm³/mol. The van der Waals surface area contributed by atoms with Crippen LogP contribution in [0.4, 0.5) is 0 Å². The van der Waals surface area contributed by atoms with Crippen LogP contribution in [0.2, 0.25) is 0 Å². The Morgan fingerprint density at radius 2 is 1.65 bits per heavy atom. The van der Waals surface area contributed by atoms with Crippen molar-refractivity contribution in [3.05, 3.63) is 107 Å². The first kappa shape index (κ1) is 40.7. The molecule has 9 nitrogen and oxygen atoms in total. The number of aromatic amines is 2. The number of nitrogens with zero attached hydrogens (tertiary/aromatic N) is 4. The molecule has 298 valence electrons. The maximum atomic E-state index is 14.8. The van der Waals surface area contributed by atoms with Gasteiger partial charge in [0.1, 0.15) is 21.4 Å². The van der Waals surface area contributed by atoms with E-state index in [2.05, 4.69) is 90.4 Å². The summed E-state index contributed by atoms with van der Waals surface area (Å²) in [5.41, 5.74) is 12.5. The van der Waals surface area contributed by atoms with Gasteiger partial charge in [-0.3, -0.25) is 9.59 Å². The molecular weight excluding hydrogens is 747 g/mol. The number of amides is 2. The summed E-state index contributed by atoms with van der Waals surface area (Å²) in [6, 6.07) is 24.2. The van der Waals surface area contributed by atoms with Crippen molar-refractivity contribution in [3.63, 3.8) is 0 Å². The maximum Gasteiger partial charge on any atom is 0.253 e. The highest BCUT2D eigenvalue weighted by molar-refractivity contribution is 7.99. The maximum absolute atomic E-state index is 14.8. The molecule has 0 aliphatic carbocycles. The fourth-order valence-electron chi connectivity index (χ4n) is 8.23. The Hall–Kier alpha value is -4.50. The van der Waals surface area contributed by atoms with Gasteiger partial charge < -0.3 is 25.5 Å². The predicted octanol–water partition coefficient (Wildman–Crippen LogP) is 8.86. The summed E-state index contributed by atoms with van der Waals surface area (Å²) in [7, 11) is 0. The molecule has 2 fully saturated rings. The van der Waals surface area contributed by atoms with Crippen LogP contribution in [-0.4, -0.2) is 65.8 Å². The van der Waals surface area contributed by atoms with Gasteiger partial charge in [0, 0.05) is 24.2 Å². The lowest BCUT2D eigenvalue weighted by atomic mass is 9.67. The molecule has 57 heavy (non-hydrogen) atoms. The number of aromatic nitrogens is 4. The first-order chi connectivity index (χ1) is 27.2. The number of nitrogens with two attached hydrogens (primary N) is 1. The summed E-state index contributed by atoms with van der Waals surface area (Å²) >= 11 is 6.21. The zero-order valence-electron chi connectivity index (χ0n) is 34.1. The summed E-state index contributed by atoms with van der Waals surface area (Å²) in [6.45, 7) is 14.0. The van der Waals surface area contributed by atoms with Gasteiger partial charge in [-0.05, 0) is 90.6 Å². The molecule has 2 aromatic heterocycles. The van der Waals surface area contributed by atoms with Gasteiger partial charge in [-0.1, -0.05) is 95.8 Å². The second-order valence-corrected chi connectivity index (χ2v) is 18.7. The van der Waals surface area contributed by atoms with Gasteiger partial charge in [-0.25, -0.2) is 9.97 Å². The van der Waals surface area contributed by atoms with Crippen LogP contribution in [0.15, 0.2) is 79.0 Å². The van der Waals surface area contributed by atoms with Gasteiger partial charge >= 0.3 is 0 Å². The Kier molecular flexibility index (Phi) is 11.4. The lowest BCUT2D eigenvalue weighted by Crippen LogP contribution is -2.54. The molecular formula is C46H55N7O2S2. The van der Waals surface area contributed by atoms with Crippen LogP contribution in [0.3, 0.4) is 0 Å². The second kappa shape index (κ2) is 16.0. The van der Waals surface area contributed by atoms with Gasteiger partial charge in [-0.2, -0.15) is 0 Å². The van der Waals surface area contributed by atoms with Crippen molar-refractivity contribution in [2.45, 2.75) is 88.9 Å². The van der Waals surface area contributed by atoms with Crippen LogP contribution in [0.1, 0.15) is 108 Å². The third-order valence-electron chi connectivity index (χ3n) is 12.6. The average molecular weight is 802 g/mol. The highest BCUT2D eigenvalue weighted by Gasteiger charge is 2.51. The minimum Gasteiger partial charge on any atom is -0.340 e. The van der Waals surface area contributed by atoms with Crippen molar-refractivity contribution in [1.82, 2.24) is 29.7 Å². The van der Waals surface area contributed by atoms with E-state index >= 15 is 0 Å². The summed E-state index contributed by atoms with van der Waals surface area (Å²) in [6.07, 6.45) is 7.36. The van der Waals surface area contributed by atoms with Crippen molar-refractivity contribution in [2.75, 3.05) is 19.3 Å². The number of hydrogen-bond acceptors (Lipinski definition) is 7. The van der Waals surface area contributed by atoms with E-state index in [1.165, 1.54) is 0 Å². The van der Waals surface area contributed by atoms with Crippen molar-refractivity contribution >= 4 is 47.2 Å². The molecule has 7 rings (SSSR count). The molecule has 0 spiro atoms. The van der Waals surface area contributed by atoms with Gasteiger partial charge in [0.25, 0.3) is 5.91 Å². The van der Waals surface area contributed by atoms with E-state index in [9.17, 15) is 9.59 Å². The molecule has 3 aromatic carbocycles. The van der Waals surface area contributed by atoms with E-state index in [1.807, 2.05) is 85.6 Å². The van der Waals surface area contributed by atoms with Gasteiger partial charge in [0.15, 0.2) is 0 Å². The Balaban J connectivity index is 1.09. The number of H-pyrrole nitrogens is 2. The molecule has 4 unspecified atom stereocenters. The van der Waals surface area contributed by atoms with Crippen LogP contribution in [-0.2, 0) is 14.5 Å². The minimum atomic E-state index is -1.23. The van der Waals surface area contributed by atoms with Crippen molar-refractivity contribution in [1.29, 1.82) is 0 Å². The summed E-state index contributed by atoms with van der Waals surface area (Å²) in [5, 5.41) is 0. The summed E-state index contributed by atoms with van der Waals surface area (Å²) in [4.78, 5) is 47.1. The fourth-order valence-corrected chi connectivity index (χ4v) is 9.40. The molecule has 0 saturated carbocycles. The lowest BCUT2D eigenvalue weighted by molar-refractivity contribution is -0.138. The lowest BCUT2D eigenvalue weighted by Gasteiger charge is -2.43. The molecule has 5 aromatic rings. The molecule has 4 N–H and O–H groups in total. The normalized spacial score (nSPS) is 20.2. The molecule has 4 heterocycles. The van der Waals surface area contributed by atoms with Crippen molar-refractivity contribution < 1.29 is 9.59 Å². The molecule has 2 aliphatic heterocycles. The molecule has 2 saturated heterocycles. The largest absolute Gasteiger partial charge is 0.340 e. The van der Waals surface area contributed by atoms with Crippen LogP contribution < -0.4 is 5.73 Å². The van der Waals surface area contributed by atoms with Crippen molar-refractivity contribution in [2.24, 2.45) is 23.0 Å². The summed E-state index contributed by atoms with van der Waals surface area (Å²) < 4.78 is 0. The number of likely N-dealkylation sites (tertiary alicyclic amines) is 2. The average Bonchev–Trinajstić information content (AvgIpc) is 4.03. The van der Waals surface area contributed by atoms with E-state index < -0.39 is 9.74 Å². The Morgan fingerprint density at radius 1 is 0.947 bits per heavy atom. The van der Waals surface area contributed by atoms with E-state index in [-0.39, 0.29) is 35.1 Å². The third-order valence-corrected chi connectivity index (χ3v) is 14.6. The van der Waals surface area contributed by atoms with E-state index in [1.54, 1.807) is 11.8 Å². The molecule has 11 heteroatoms. The van der Waals surface area contributed by atoms with E-state index in [0.717, 1.165) is 76.3 Å². The number of rotatable bonds is 10. The first-order valence-corrected chi connectivity index (χ1v) is 21.8. The number of imidazole rings is 2. The number of carbonyl (C=O) groups excluding carboxylic acids is 2. The number of carbonyl (C=O) groups is 2. The van der Waals surface area contributed by atoms with E-state index in [4.69, 9.17) is 10.7 Å². The van der Waals surface area contributed by atoms with Crippen LogP contribution in [0, 0.1) is 29.1 Å². The van der Waals surface area contributed by atoms with Gasteiger partial charge in [0.05, 0.1) is 34.9 Å². The Labute approximate surface area is 346 Å². The number of thiol groups is 1. The smallest absolute Gasteiger partial charge is 0.253 e. The van der Waals surface area contributed by atoms with Crippen LogP contribution in [0.25, 0.3) is 22.3 Å². The molecule has 2 aliphatic rings. The standard InChI is InChI=1S/C46H55N7O2S2/c1-29(2)44(5,6)39(34-13-9-8-10-14-34)41(54)53-26-12-24-45(53,57-7)42-50-35-23-20-32(27-36(35)51-42)17-16-31-18-21-33(22-19-31)37-28-48-40(49-37)38-15-11-25-52(38)43(55)46(47,56)30(3)4/h8-10,13-14,18-23,27-30,38-39,56H,11-12,15,24-26,47H2,1-7H3,(H,48,49)(H,50,51). The number of thioether (sulfide) groups is 1. The fraction of sp³-hybridized carbons (Fsp3) is 0.435. The SMILES string of the molecule is CSC1(c2nc3ccc(C#Cc4ccc(-c5cnc(C6CCCN6C(=O)C(N)(S)C(C)C)[nH]5)cc4)cc3[nH]2)CCCN1C(=O)C(c1ccccc1)C(C)(C)C(C)C. The number of fused-ring (bicyclic) bond motifs is 1. The zero-order valence-corrected chi connectivity index (χ0v) is 35.8. The number of hydrogen-bond donors (Lipinski definition) is 4. The second-order valence-electron chi connectivity index (χ2n) is 16.9. The minimum absolute atomic E-state index is 0.107. The van der Waals surface area contributed by atoms with Crippen LogP contribution in [0.5, 0.6) is 0 Å². The molecule has 0 radical (unpaired) electrons. The topological polar surface area (TPSA) is 124 Å². The monoisotopic (exact) mass is 801 g/mol. The third kappa shape index (κ3) is 7.64. The quantitative estimate of drug-likeness (QED) is 0.0636. The Bertz CT molecular complexity index is 2300. The van der Waals surface area contributed by atoms with Crippen LogP contribution >= 0.6 is 24.4 Å². The molecule has 4 atom stereocenters. The first-order valence-electron chi connectivity index (χ1n) is 20.1. The number of nitrogens with one attached hydrogen (secondary N) is 2. The zero-order chi connectivity index (χ0) is 40.7. The molecule has 0 bridgehead atoms. The highest BCUT2D eigenvalue weighted by atomic mass is 32.2. The highest BCUT2D eigenvalue weighted by Crippen LogP contribution is 2.50. The van der Waals surface area contributed by atoms with Crippen molar-refractivity contribution in [3.8, 4) is 23.1 Å². The van der Waals surface area contributed by atoms with E-state index in [0.29, 0.717) is 19.0 Å². The summed E-state index contributed by atoms with van der Waals surface area (Å²) in [5.74, 6) is 8.13. The number of benzene rings is 3. The molecule has 2 amide bonds. The van der Waals surface area contributed by atoms with Gasteiger partial charge in [-0.15, -0.1) is 24.4 Å². The van der Waals surface area contributed by atoms with Gasteiger partial charge in [0.2, 0.25) is 5.91 Å².